The number of benzene rings is 1. The van der Waals surface area contributed by atoms with Gasteiger partial charge in [-0.2, -0.15) is 57.1 Å². The number of alkyl halides is 13. The summed E-state index contributed by atoms with van der Waals surface area (Å²) in [5.74, 6) is -36.4. The molecule has 0 amide bonds. The highest BCUT2D eigenvalue weighted by atomic mass is 19.4. The van der Waals surface area contributed by atoms with Crippen molar-refractivity contribution < 1.29 is 57.1 Å². The van der Waals surface area contributed by atoms with Gasteiger partial charge in [0.15, 0.2) is 0 Å². The summed E-state index contributed by atoms with van der Waals surface area (Å²) >= 11 is 0. The van der Waals surface area contributed by atoms with Gasteiger partial charge in [-0.05, 0) is 24.8 Å². The molecule has 0 saturated heterocycles. The summed E-state index contributed by atoms with van der Waals surface area (Å²) < 4.78 is 168. The van der Waals surface area contributed by atoms with Crippen molar-refractivity contribution in [3.05, 3.63) is 35.9 Å². The zero-order chi connectivity index (χ0) is 23.6. The molecular weight excluding hydrogens is 451 g/mol. The standard InChI is InChI=1S/C17H15F13/c18-12(19,10-6-2-5-9-11-7-3-1-4-8-11)13(20,21)14(22,23)15(24,25)16(26,27)17(28,29)30/h1,3-4,7-8H,2,5-6,9-10H2. The monoisotopic (exact) mass is 466 g/mol. The van der Waals surface area contributed by atoms with Crippen LogP contribution in [0.2, 0.25) is 0 Å². The third-order valence-electron chi connectivity index (χ3n) is 4.30. The minimum absolute atomic E-state index is 0.115. The van der Waals surface area contributed by atoms with E-state index in [2.05, 4.69) is 0 Å². The second kappa shape index (κ2) is 8.45. The van der Waals surface area contributed by atoms with E-state index in [0.29, 0.717) is 0 Å². The second-order valence-electron chi connectivity index (χ2n) is 6.55. The fourth-order valence-electron chi connectivity index (χ4n) is 2.46. The summed E-state index contributed by atoms with van der Waals surface area (Å²) in [6.45, 7) is 0. The number of aryl methyl sites for hydroxylation is 1. The maximum atomic E-state index is 13.6. The summed E-state index contributed by atoms with van der Waals surface area (Å²) in [6, 6.07) is 8.24. The smallest absolute Gasteiger partial charge is 0.200 e. The van der Waals surface area contributed by atoms with Gasteiger partial charge in [-0.3, -0.25) is 0 Å². The van der Waals surface area contributed by atoms with E-state index in [0.717, 1.165) is 5.56 Å². The molecule has 1 rings (SSSR count). The van der Waals surface area contributed by atoms with Crippen molar-refractivity contribution in [3.8, 4) is 0 Å². The molecule has 0 N–H and O–H groups in total. The van der Waals surface area contributed by atoms with Crippen molar-refractivity contribution in [1.82, 2.24) is 0 Å². The molecule has 0 aliphatic heterocycles. The van der Waals surface area contributed by atoms with E-state index in [4.69, 9.17) is 0 Å². The van der Waals surface area contributed by atoms with E-state index in [-0.39, 0.29) is 19.3 Å². The molecule has 0 heterocycles. The Morgan fingerprint density at radius 3 is 1.43 bits per heavy atom. The third kappa shape index (κ3) is 4.63. The van der Waals surface area contributed by atoms with Crippen molar-refractivity contribution >= 4 is 0 Å². The minimum atomic E-state index is -7.83. The van der Waals surface area contributed by atoms with Gasteiger partial charge in [0.05, 0.1) is 0 Å². The SMILES string of the molecule is FC(F)(F)C(F)(F)C(F)(F)C(F)(F)C(F)(F)C(F)(F)CCCCCc1ccccc1. The maximum absolute atomic E-state index is 13.6. The zero-order valence-corrected chi connectivity index (χ0v) is 14.8. The molecule has 0 fully saturated rings. The molecular formula is C17H15F13. The van der Waals surface area contributed by atoms with Crippen LogP contribution in [0.4, 0.5) is 57.1 Å². The van der Waals surface area contributed by atoms with Gasteiger partial charge >= 0.3 is 35.8 Å². The molecule has 174 valence electrons. The highest BCUT2D eigenvalue weighted by Crippen LogP contribution is 2.60. The molecule has 0 unspecified atom stereocenters. The van der Waals surface area contributed by atoms with E-state index in [9.17, 15) is 57.1 Å². The van der Waals surface area contributed by atoms with Gasteiger partial charge in [0, 0.05) is 6.42 Å². The molecule has 0 aliphatic rings. The number of rotatable bonds is 10. The van der Waals surface area contributed by atoms with Crippen molar-refractivity contribution in [2.45, 2.75) is 67.9 Å². The first kappa shape index (κ1) is 26.3. The van der Waals surface area contributed by atoms with Crippen LogP contribution in [-0.4, -0.2) is 35.8 Å². The molecule has 0 radical (unpaired) electrons. The molecule has 0 aliphatic carbocycles. The van der Waals surface area contributed by atoms with Gasteiger partial charge in [0.2, 0.25) is 0 Å². The first-order valence-corrected chi connectivity index (χ1v) is 8.32. The molecule has 0 atom stereocenters. The summed E-state index contributed by atoms with van der Waals surface area (Å²) in [6.07, 6.45) is -10.3. The Bertz CT molecular complexity index is 677. The molecule has 0 bridgehead atoms. The molecule has 0 spiro atoms. The predicted octanol–water partition coefficient (Wildman–Crippen LogP) is 7.53. The van der Waals surface area contributed by atoms with Crippen molar-refractivity contribution in [3.63, 3.8) is 0 Å². The Labute approximate surface area is 162 Å². The van der Waals surface area contributed by atoms with Crippen LogP contribution in [0.15, 0.2) is 30.3 Å². The Kier molecular flexibility index (Phi) is 7.42. The highest BCUT2D eigenvalue weighted by molar-refractivity contribution is 5.14. The van der Waals surface area contributed by atoms with Crippen LogP contribution in [0.5, 0.6) is 0 Å². The van der Waals surface area contributed by atoms with Crippen LogP contribution < -0.4 is 0 Å². The number of hydrogen-bond acceptors (Lipinski definition) is 0. The van der Waals surface area contributed by atoms with Gasteiger partial charge in [-0.15, -0.1) is 0 Å². The van der Waals surface area contributed by atoms with Crippen LogP contribution in [0.3, 0.4) is 0 Å². The van der Waals surface area contributed by atoms with Crippen LogP contribution in [-0.2, 0) is 6.42 Å². The molecule has 0 nitrogen and oxygen atoms in total. The summed E-state index contributed by atoms with van der Waals surface area (Å²) in [5, 5.41) is 0. The second-order valence-corrected chi connectivity index (χ2v) is 6.55. The predicted molar refractivity (Wildman–Crippen MR) is 79.4 cm³/mol. The Morgan fingerprint density at radius 1 is 0.500 bits per heavy atom. The largest absolute Gasteiger partial charge is 0.460 e. The molecule has 30 heavy (non-hydrogen) atoms. The van der Waals surface area contributed by atoms with Gasteiger partial charge in [-0.25, -0.2) is 0 Å². The average molecular weight is 466 g/mol. The quantitative estimate of drug-likeness (QED) is 0.247. The van der Waals surface area contributed by atoms with Crippen LogP contribution in [0, 0.1) is 0 Å². The van der Waals surface area contributed by atoms with Gasteiger partial charge in [0.25, 0.3) is 0 Å². The fourth-order valence-corrected chi connectivity index (χ4v) is 2.46. The molecule has 13 heteroatoms. The van der Waals surface area contributed by atoms with Gasteiger partial charge < -0.3 is 0 Å². The van der Waals surface area contributed by atoms with Crippen molar-refractivity contribution in [2.75, 3.05) is 0 Å². The highest BCUT2D eigenvalue weighted by Gasteiger charge is 2.90. The lowest BCUT2D eigenvalue weighted by Gasteiger charge is -2.39. The van der Waals surface area contributed by atoms with E-state index in [1.807, 2.05) is 0 Å². The Hall–Kier alpha value is -1.69. The normalized spacial score (nSPS) is 14.8. The number of unbranched alkanes of at least 4 members (excludes halogenated alkanes) is 2. The van der Waals surface area contributed by atoms with E-state index in [1.165, 1.54) is 0 Å². The van der Waals surface area contributed by atoms with Crippen molar-refractivity contribution in [2.24, 2.45) is 0 Å². The van der Waals surface area contributed by atoms with E-state index < -0.39 is 48.6 Å². The molecule has 1 aromatic rings. The van der Waals surface area contributed by atoms with Crippen LogP contribution >= 0.6 is 0 Å². The lowest BCUT2D eigenvalue weighted by Crippen LogP contribution is -2.70. The lowest BCUT2D eigenvalue weighted by molar-refractivity contribution is -0.440. The first-order valence-electron chi connectivity index (χ1n) is 8.32. The third-order valence-corrected chi connectivity index (χ3v) is 4.30. The number of hydrogen-bond donors (Lipinski definition) is 0. The molecule has 1 aromatic carbocycles. The zero-order valence-electron chi connectivity index (χ0n) is 14.8. The van der Waals surface area contributed by atoms with Crippen molar-refractivity contribution in [1.29, 1.82) is 0 Å². The summed E-state index contributed by atoms with van der Waals surface area (Å²) in [7, 11) is 0. The molecule has 0 aromatic heterocycles. The average Bonchev–Trinajstić information content (AvgIpc) is 2.60. The van der Waals surface area contributed by atoms with Gasteiger partial charge in [0.1, 0.15) is 0 Å². The Balaban J connectivity index is 2.89. The van der Waals surface area contributed by atoms with E-state index >= 15 is 0 Å². The molecule has 0 saturated carbocycles. The summed E-state index contributed by atoms with van der Waals surface area (Å²) in [5.41, 5.74) is 0.732. The Morgan fingerprint density at radius 2 is 0.967 bits per heavy atom. The van der Waals surface area contributed by atoms with E-state index in [1.54, 1.807) is 30.3 Å². The number of halogens is 13. The maximum Gasteiger partial charge on any atom is 0.460 e. The first-order chi connectivity index (χ1) is 13.3. The van der Waals surface area contributed by atoms with Gasteiger partial charge in [-0.1, -0.05) is 36.8 Å². The fraction of sp³-hybridized carbons (Fsp3) is 0.647. The van der Waals surface area contributed by atoms with Crippen LogP contribution in [0.25, 0.3) is 0 Å². The lowest BCUT2D eigenvalue weighted by atomic mass is 9.91. The van der Waals surface area contributed by atoms with Crippen LogP contribution in [0.1, 0.15) is 31.2 Å². The topological polar surface area (TPSA) is 0 Å². The summed E-state index contributed by atoms with van der Waals surface area (Å²) in [4.78, 5) is 0. The minimum Gasteiger partial charge on any atom is -0.200 e.